The Hall–Kier alpha value is -3.85. The number of methoxy groups -OCH3 is 2. The van der Waals surface area contributed by atoms with E-state index in [0.717, 1.165) is 11.1 Å². The Morgan fingerprint density at radius 1 is 1.00 bits per heavy atom. The number of aryl methyl sites for hydroxylation is 1. The van der Waals surface area contributed by atoms with Gasteiger partial charge in [0.2, 0.25) is 11.1 Å². The largest absolute Gasteiger partial charge is 0.497 e. The second-order valence-electron chi connectivity index (χ2n) is 7.18. The number of anilines is 1. The van der Waals surface area contributed by atoms with Crippen molar-refractivity contribution in [2.24, 2.45) is 0 Å². The van der Waals surface area contributed by atoms with Crippen LogP contribution in [0.4, 0.5) is 5.69 Å². The lowest BCUT2D eigenvalue weighted by Crippen LogP contribution is -2.19. The van der Waals surface area contributed by atoms with E-state index in [1.54, 1.807) is 25.0 Å². The van der Waals surface area contributed by atoms with Crippen LogP contribution in [0, 0.1) is 6.92 Å². The van der Waals surface area contributed by atoms with Crippen molar-refractivity contribution in [1.82, 2.24) is 20.2 Å². The van der Waals surface area contributed by atoms with Crippen LogP contribution in [0.2, 0.25) is 0 Å². The molecule has 3 aromatic carbocycles. The second kappa shape index (κ2) is 10.2. The zero-order valence-electron chi connectivity index (χ0n) is 18.4. The number of aromatic nitrogens is 4. The molecule has 0 bridgehead atoms. The highest BCUT2D eigenvalue weighted by Crippen LogP contribution is 2.37. The monoisotopic (exact) mass is 461 g/mol. The lowest BCUT2D eigenvalue weighted by Gasteiger charge is -2.17. The van der Waals surface area contributed by atoms with Gasteiger partial charge >= 0.3 is 0 Å². The molecular weight excluding hydrogens is 438 g/mol. The summed E-state index contributed by atoms with van der Waals surface area (Å²) in [6.45, 7) is 1.98. The summed E-state index contributed by atoms with van der Waals surface area (Å²) in [4.78, 5) is 13.4. The van der Waals surface area contributed by atoms with E-state index in [-0.39, 0.29) is 5.91 Å². The molecule has 0 aliphatic rings. The smallest absolute Gasteiger partial charge is 0.242 e. The predicted octanol–water partition coefficient (Wildman–Crippen LogP) is 4.46. The number of carbonyl (C=O) groups excluding carboxylic acids is 1. The van der Waals surface area contributed by atoms with E-state index < -0.39 is 5.25 Å². The van der Waals surface area contributed by atoms with Gasteiger partial charge in [0.25, 0.3) is 0 Å². The molecule has 0 aliphatic carbocycles. The number of amides is 1. The maximum atomic E-state index is 13.4. The summed E-state index contributed by atoms with van der Waals surface area (Å²) in [5, 5.41) is 15.0. The normalized spacial score (nSPS) is 11.6. The van der Waals surface area contributed by atoms with Crippen molar-refractivity contribution >= 4 is 23.4 Å². The molecule has 0 radical (unpaired) electrons. The Morgan fingerprint density at radius 3 is 2.58 bits per heavy atom. The van der Waals surface area contributed by atoms with Gasteiger partial charge in [0.15, 0.2) is 0 Å². The number of thioether (sulfide) groups is 1. The number of ether oxygens (including phenoxy) is 2. The molecule has 1 atom stereocenters. The first-order chi connectivity index (χ1) is 16.1. The summed E-state index contributed by atoms with van der Waals surface area (Å²) < 4.78 is 12.4. The van der Waals surface area contributed by atoms with Gasteiger partial charge in [0.05, 0.1) is 14.2 Å². The Kier molecular flexibility index (Phi) is 6.89. The van der Waals surface area contributed by atoms with Crippen LogP contribution >= 0.6 is 11.8 Å². The predicted molar refractivity (Wildman–Crippen MR) is 127 cm³/mol. The third kappa shape index (κ3) is 5.15. The second-order valence-corrected chi connectivity index (χ2v) is 8.25. The number of carbonyl (C=O) groups is 1. The molecule has 33 heavy (non-hydrogen) atoms. The minimum atomic E-state index is -0.599. The van der Waals surface area contributed by atoms with Crippen LogP contribution in [0.5, 0.6) is 11.5 Å². The standard InChI is InChI=1S/C24H23N5O3S/c1-16-12-13-21(32-3)20(14-16)29-24(26-27-28-29)33-22(17-8-5-4-6-9-17)23(30)25-18-10-7-11-19(15-18)31-2/h4-15,22H,1-3H3,(H,25,30)/t22-/m0/s1. The van der Waals surface area contributed by atoms with Crippen LogP contribution < -0.4 is 14.8 Å². The maximum absolute atomic E-state index is 13.4. The Balaban J connectivity index is 1.68. The number of hydrogen-bond acceptors (Lipinski definition) is 7. The highest BCUT2D eigenvalue weighted by molar-refractivity contribution is 8.00. The van der Waals surface area contributed by atoms with E-state index in [1.165, 1.54) is 11.8 Å². The van der Waals surface area contributed by atoms with Crippen LogP contribution in [0.25, 0.3) is 5.69 Å². The van der Waals surface area contributed by atoms with Gasteiger partial charge in [0.1, 0.15) is 22.4 Å². The zero-order valence-corrected chi connectivity index (χ0v) is 19.2. The van der Waals surface area contributed by atoms with Crippen molar-refractivity contribution < 1.29 is 14.3 Å². The lowest BCUT2D eigenvalue weighted by molar-refractivity contribution is -0.115. The van der Waals surface area contributed by atoms with Crippen LogP contribution in [-0.2, 0) is 4.79 Å². The van der Waals surface area contributed by atoms with Crippen molar-refractivity contribution in [3.63, 3.8) is 0 Å². The summed E-state index contributed by atoms with van der Waals surface area (Å²) >= 11 is 1.26. The fourth-order valence-electron chi connectivity index (χ4n) is 3.28. The molecule has 0 saturated carbocycles. The SMILES string of the molecule is COc1cccc(NC(=O)[C@@H](Sc2nnnn2-c2cc(C)ccc2OC)c2ccccc2)c1. The molecule has 0 fully saturated rings. The third-order valence-electron chi connectivity index (χ3n) is 4.90. The zero-order chi connectivity index (χ0) is 23.2. The van der Waals surface area contributed by atoms with Gasteiger partial charge in [-0.15, -0.1) is 5.10 Å². The highest BCUT2D eigenvalue weighted by Gasteiger charge is 2.26. The number of hydrogen-bond donors (Lipinski definition) is 1. The number of nitrogens with one attached hydrogen (secondary N) is 1. The van der Waals surface area contributed by atoms with Crippen molar-refractivity contribution in [2.45, 2.75) is 17.3 Å². The van der Waals surface area contributed by atoms with Gasteiger partial charge in [0, 0.05) is 11.8 Å². The molecule has 4 rings (SSSR count). The molecule has 0 aliphatic heterocycles. The van der Waals surface area contributed by atoms with Gasteiger partial charge < -0.3 is 14.8 Å². The fraction of sp³-hybridized carbons (Fsp3) is 0.167. The summed E-state index contributed by atoms with van der Waals surface area (Å²) in [6.07, 6.45) is 0. The van der Waals surface area contributed by atoms with Crippen molar-refractivity contribution in [2.75, 3.05) is 19.5 Å². The Labute approximate surface area is 195 Å². The van der Waals surface area contributed by atoms with Gasteiger partial charge in [-0.3, -0.25) is 4.79 Å². The first-order valence-corrected chi connectivity index (χ1v) is 11.1. The minimum Gasteiger partial charge on any atom is -0.497 e. The Bertz CT molecular complexity index is 1250. The van der Waals surface area contributed by atoms with E-state index in [4.69, 9.17) is 9.47 Å². The van der Waals surface area contributed by atoms with Gasteiger partial charge in [-0.25, -0.2) is 0 Å². The van der Waals surface area contributed by atoms with Crippen LogP contribution in [0.1, 0.15) is 16.4 Å². The molecule has 1 aromatic heterocycles. The molecular formula is C24H23N5O3S. The molecule has 1 N–H and O–H groups in total. The summed E-state index contributed by atoms with van der Waals surface area (Å²) in [7, 11) is 3.18. The van der Waals surface area contributed by atoms with Gasteiger partial charge in [-0.2, -0.15) is 4.68 Å². The Morgan fingerprint density at radius 2 is 1.82 bits per heavy atom. The number of nitrogens with zero attached hydrogens (tertiary/aromatic N) is 4. The average Bonchev–Trinajstić information content (AvgIpc) is 3.31. The van der Waals surface area contributed by atoms with E-state index in [9.17, 15) is 4.79 Å². The van der Waals surface area contributed by atoms with E-state index in [1.807, 2.05) is 73.7 Å². The van der Waals surface area contributed by atoms with Crippen molar-refractivity contribution in [3.8, 4) is 17.2 Å². The molecule has 1 amide bonds. The lowest BCUT2D eigenvalue weighted by atomic mass is 10.1. The minimum absolute atomic E-state index is 0.204. The first-order valence-electron chi connectivity index (χ1n) is 10.2. The molecule has 9 heteroatoms. The van der Waals surface area contributed by atoms with Gasteiger partial charge in [-0.1, -0.05) is 54.2 Å². The molecule has 8 nitrogen and oxygen atoms in total. The van der Waals surface area contributed by atoms with Crippen molar-refractivity contribution in [1.29, 1.82) is 0 Å². The third-order valence-corrected chi connectivity index (χ3v) is 6.09. The summed E-state index contributed by atoms with van der Waals surface area (Å²) in [6, 6.07) is 22.5. The van der Waals surface area contributed by atoms with E-state index >= 15 is 0 Å². The van der Waals surface area contributed by atoms with E-state index in [0.29, 0.717) is 28.0 Å². The topological polar surface area (TPSA) is 91.2 Å². The maximum Gasteiger partial charge on any atom is 0.242 e. The average molecular weight is 462 g/mol. The van der Waals surface area contributed by atoms with Crippen LogP contribution in [-0.4, -0.2) is 40.3 Å². The molecule has 0 unspecified atom stereocenters. The van der Waals surface area contributed by atoms with E-state index in [2.05, 4.69) is 20.8 Å². The summed E-state index contributed by atoms with van der Waals surface area (Å²) in [5.41, 5.74) is 3.20. The molecule has 1 heterocycles. The van der Waals surface area contributed by atoms with Gasteiger partial charge in [-0.05, 0) is 52.7 Å². The van der Waals surface area contributed by atoms with Crippen LogP contribution in [0.15, 0.2) is 78.0 Å². The fourth-order valence-corrected chi connectivity index (χ4v) is 4.27. The molecule has 4 aromatic rings. The molecule has 0 spiro atoms. The number of tetrazole rings is 1. The van der Waals surface area contributed by atoms with Crippen molar-refractivity contribution in [3.05, 3.63) is 83.9 Å². The molecule has 0 saturated heterocycles. The first kappa shape index (κ1) is 22.3. The number of benzene rings is 3. The van der Waals surface area contributed by atoms with Crippen LogP contribution in [0.3, 0.4) is 0 Å². The molecule has 168 valence electrons. The highest BCUT2D eigenvalue weighted by atomic mass is 32.2. The quantitative estimate of drug-likeness (QED) is 0.387. The number of rotatable bonds is 8. The summed E-state index contributed by atoms with van der Waals surface area (Å²) in [5.74, 6) is 1.09.